The summed E-state index contributed by atoms with van der Waals surface area (Å²) in [6.45, 7) is 1.06. The maximum absolute atomic E-state index is 12.4. The lowest BCUT2D eigenvalue weighted by Crippen LogP contribution is -2.46. The lowest BCUT2D eigenvalue weighted by Gasteiger charge is -2.41. The molecule has 1 saturated carbocycles. The Hall–Kier alpha value is -1.60. The Morgan fingerprint density at radius 3 is 2.59 bits per heavy atom. The van der Waals surface area contributed by atoms with Crippen LogP contribution in [0.5, 0.6) is 0 Å². The van der Waals surface area contributed by atoms with E-state index in [1.807, 2.05) is 0 Å². The first-order chi connectivity index (χ1) is 12.8. The van der Waals surface area contributed by atoms with Gasteiger partial charge in [-0.1, -0.05) is 30.9 Å². The summed E-state index contributed by atoms with van der Waals surface area (Å²) in [6.07, 6.45) is 6.95. The maximum Gasteiger partial charge on any atom is 0.340 e. The minimum absolute atomic E-state index is 0.0236. The van der Waals surface area contributed by atoms with Crippen molar-refractivity contribution in [1.29, 1.82) is 0 Å². The second kappa shape index (κ2) is 8.19. The molecule has 3 rings (SSSR count). The topological polar surface area (TPSA) is 80.7 Å². The van der Waals surface area contributed by atoms with E-state index in [9.17, 15) is 18.0 Å². The van der Waals surface area contributed by atoms with Crippen LogP contribution >= 0.6 is 11.6 Å². The van der Waals surface area contributed by atoms with Gasteiger partial charge < -0.3 is 9.64 Å². The van der Waals surface area contributed by atoms with E-state index in [1.54, 1.807) is 4.90 Å². The average molecular weight is 414 g/mol. The number of carbonyl (C=O) groups is 2. The average Bonchev–Trinajstić information content (AvgIpc) is 2.64. The molecule has 1 saturated heterocycles. The minimum atomic E-state index is -3.48. The number of benzene rings is 1. The molecule has 2 atom stereocenters. The van der Waals surface area contributed by atoms with Gasteiger partial charge in [-0.05, 0) is 42.9 Å². The van der Waals surface area contributed by atoms with Gasteiger partial charge in [0.2, 0.25) is 0 Å². The van der Waals surface area contributed by atoms with Crippen LogP contribution in [0.3, 0.4) is 0 Å². The van der Waals surface area contributed by atoms with Crippen LogP contribution in [0.25, 0.3) is 0 Å². The molecule has 0 unspecified atom stereocenters. The van der Waals surface area contributed by atoms with E-state index in [-0.39, 0.29) is 28.0 Å². The zero-order chi connectivity index (χ0) is 19.6. The van der Waals surface area contributed by atoms with Crippen LogP contribution in [-0.2, 0) is 19.4 Å². The summed E-state index contributed by atoms with van der Waals surface area (Å²) in [7, 11) is -3.48. The molecule has 2 fully saturated rings. The molecule has 27 heavy (non-hydrogen) atoms. The van der Waals surface area contributed by atoms with Gasteiger partial charge in [-0.25, -0.2) is 13.2 Å². The molecule has 1 aliphatic heterocycles. The first-order valence-electron chi connectivity index (χ1n) is 9.20. The van der Waals surface area contributed by atoms with Crippen LogP contribution in [0.15, 0.2) is 23.1 Å². The molecule has 148 valence electrons. The molecule has 1 amide bonds. The standard InChI is InChI=1S/C19H24ClNO5S/c1-27(24,25)15-6-7-17(20)16(10-15)19(23)26-12-18(22)21-9-8-13-4-2-3-5-14(13)11-21/h6-7,10,13-14H,2-5,8-9,11-12H2,1H3/t13-,14+/m1/s1. The number of fused-ring (bicyclic) bond motifs is 1. The van der Waals surface area contributed by atoms with Crippen LogP contribution in [0.1, 0.15) is 42.5 Å². The van der Waals surface area contributed by atoms with Gasteiger partial charge in [0.25, 0.3) is 5.91 Å². The lowest BCUT2D eigenvalue weighted by molar-refractivity contribution is -0.137. The molecule has 0 aromatic heterocycles. The molecule has 8 heteroatoms. The molecule has 0 N–H and O–H groups in total. The Labute approximate surface area is 164 Å². The van der Waals surface area contributed by atoms with Gasteiger partial charge >= 0.3 is 5.97 Å². The van der Waals surface area contributed by atoms with Crippen molar-refractivity contribution in [3.05, 3.63) is 28.8 Å². The second-order valence-electron chi connectivity index (χ2n) is 7.42. The summed E-state index contributed by atoms with van der Waals surface area (Å²) in [5.74, 6) is 0.241. The molecule has 0 radical (unpaired) electrons. The lowest BCUT2D eigenvalue weighted by atomic mass is 9.75. The van der Waals surface area contributed by atoms with E-state index in [4.69, 9.17) is 16.3 Å². The molecular weight excluding hydrogens is 390 g/mol. The van der Waals surface area contributed by atoms with E-state index in [2.05, 4.69) is 0 Å². The van der Waals surface area contributed by atoms with E-state index in [0.717, 1.165) is 25.6 Å². The van der Waals surface area contributed by atoms with Crippen molar-refractivity contribution in [3.8, 4) is 0 Å². The maximum atomic E-state index is 12.4. The van der Waals surface area contributed by atoms with Crippen molar-refractivity contribution in [3.63, 3.8) is 0 Å². The molecule has 2 aliphatic rings. The van der Waals surface area contributed by atoms with Crippen molar-refractivity contribution < 1.29 is 22.7 Å². The molecule has 0 spiro atoms. The molecule has 6 nitrogen and oxygen atoms in total. The zero-order valence-electron chi connectivity index (χ0n) is 15.3. The number of rotatable bonds is 4. The first kappa shape index (κ1) is 20.1. The van der Waals surface area contributed by atoms with Gasteiger partial charge in [0.15, 0.2) is 16.4 Å². The predicted octanol–water partition coefficient (Wildman–Crippen LogP) is 2.94. The molecule has 1 aliphatic carbocycles. The quantitative estimate of drug-likeness (QED) is 0.709. The normalized spacial score (nSPS) is 22.8. The fourth-order valence-corrected chi connectivity index (χ4v) is 4.86. The summed E-state index contributed by atoms with van der Waals surface area (Å²) in [5.41, 5.74) is -0.0571. The zero-order valence-corrected chi connectivity index (χ0v) is 16.9. The van der Waals surface area contributed by atoms with Crippen molar-refractivity contribution in [2.24, 2.45) is 11.8 Å². The highest BCUT2D eigenvalue weighted by atomic mass is 35.5. The second-order valence-corrected chi connectivity index (χ2v) is 9.85. The highest BCUT2D eigenvalue weighted by Gasteiger charge is 2.33. The van der Waals surface area contributed by atoms with Crippen molar-refractivity contribution >= 4 is 33.3 Å². The van der Waals surface area contributed by atoms with Crippen molar-refractivity contribution in [1.82, 2.24) is 4.90 Å². The summed E-state index contributed by atoms with van der Waals surface area (Å²) >= 11 is 5.99. The number of piperidine rings is 1. The van der Waals surface area contributed by atoms with Gasteiger partial charge in [0.1, 0.15) is 0 Å². The number of hydrogen-bond donors (Lipinski definition) is 0. The van der Waals surface area contributed by atoms with Crippen molar-refractivity contribution in [2.75, 3.05) is 26.0 Å². The van der Waals surface area contributed by atoms with E-state index < -0.39 is 15.8 Å². The minimum Gasteiger partial charge on any atom is -0.452 e. The van der Waals surface area contributed by atoms with Crippen molar-refractivity contribution in [2.45, 2.75) is 37.0 Å². The van der Waals surface area contributed by atoms with E-state index >= 15 is 0 Å². The van der Waals surface area contributed by atoms with Crippen LogP contribution in [0.4, 0.5) is 0 Å². The highest BCUT2D eigenvalue weighted by Crippen LogP contribution is 2.36. The monoisotopic (exact) mass is 413 g/mol. The Bertz CT molecular complexity index is 839. The smallest absolute Gasteiger partial charge is 0.340 e. The van der Waals surface area contributed by atoms with Gasteiger partial charge in [-0.15, -0.1) is 0 Å². The highest BCUT2D eigenvalue weighted by molar-refractivity contribution is 7.90. The van der Waals surface area contributed by atoms with Gasteiger partial charge in [0.05, 0.1) is 15.5 Å². The van der Waals surface area contributed by atoms with Gasteiger partial charge in [0, 0.05) is 19.3 Å². The Morgan fingerprint density at radius 2 is 1.89 bits per heavy atom. The molecule has 1 heterocycles. The van der Waals surface area contributed by atoms with Gasteiger partial charge in [-0.2, -0.15) is 0 Å². The number of halogens is 1. The third-order valence-electron chi connectivity index (χ3n) is 5.56. The van der Waals surface area contributed by atoms with E-state index in [0.29, 0.717) is 18.4 Å². The molecule has 1 aromatic carbocycles. The number of hydrogen-bond acceptors (Lipinski definition) is 5. The molecular formula is C19H24ClNO5S. The summed E-state index contributed by atoms with van der Waals surface area (Å²) in [6, 6.07) is 3.84. The fourth-order valence-electron chi connectivity index (χ4n) is 4.02. The number of amides is 1. The number of esters is 1. The molecule has 1 aromatic rings. The van der Waals surface area contributed by atoms with Crippen LogP contribution in [-0.4, -0.2) is 51.1 Å². The van der Waals surface area contributed by atoms with Gasteiger partial charge in [-0.3, -0.25) is 4.79 Å². The van der Waals surface area contributed by atoms with Crippen LogP contribution in [0.2, 0.25) is 5.02 Å². The number of carbonyl (C=O) groups excluding carboxylic acids is 2. The fraction of sp³-hybridized carbons (Fsp3) is 0.579. The number of ether oxygens (including phenoxy) is 1. The van der Waals surface area contributed by atoms with Crippen LogP contribution < -0.4 is 0 Å². The number of sulfone groups is 1. The molecule has 0 bridgehead atoms. The van der Waals surface area contributed by atoms with E-state index in [1.165, 1.54) is 37.5 Å². The third-order valence-corrected chi connectivity index (χ3v) is 7.00. The summed E-state index contributed by atoms with van der Waals surface area (Å²) < 4.78 is 28.4. The third kappa shape index (κ3) is 4.82. The Morgan fingerprint density at radius 1 is 1.19 bits per heavy atom. The summed E-state index contributed by atoms with van der Waals surface area (Å²) in [4.78, 5) is 26.5. The first-order valence-corrected chi connectivity index (χ1v) is 11.5. The SMILES string of the molecule is CS(=O)(=O)c1ccc(Cl)c(C(=O)OCC(=O)N2CC[C@H]3CCCC[C@H]3C2)c1. The predicted molar refractivity (Wildman–Crippen MR) is 101 cm³/mol. The number of likely N-dealkylation sites (tertiary alicyclic amines) is 1. The number of nitrogens with zero attached hydrogens (tertiary/aromatic N) is 1. The Balaban J connectivity index is 1.60. The summed E-state index contributed by atoms with van der Waals surface area (Å²) in [5, 5.41) is 0.0860. The largest absolute Gasteiger partial charge is 0.452 e. The Kier molecular flexibility index (Phi) is 6.11. The van der Waals surface area contributed by atoms with Crippen LogP contribution in [0, 0.1) is 11.8 Å².